The van der Waals surface area contributed by atoms with Crippen molar-refractivity contribution in [1.82, 2.24) is 4.90 Å². The molecular weight excluding hydrogens is 238 g/mol. The number of carbonyl (C=O) groups excluding carboxylic acids is 1. The SMILES string of the molecule is Cc1ccc(C(C)C)c(OCC(=O)N2CCCC2)c1. The molecule has 0 radical (unpaired) electrons. The summed E-state index contributed by atoms with van der Waals surface area (Å²) in [5, 5.41) is 0. The van der Waals surface area contributed by atoms with Gasteiger partial charge >= 0.3 is 0 Å². The van der Waals surface area contributed by atoms with E-state index in [1.807, 2.05) is 17.9 Å². The molecule has 1 aliphatic rings. The minimum atomic E-state index is 0.105. The highest BCUT2D eigenvalue weighted by Crippen LogP contribution is 2.27. The lowest BCUT2D eigenvalue weighted by Crippen LogP contribution is -2.32. The summed E-state index contributed by atoms with van der Waals surface area (Å²) in [7, 11) is 0. The first kappa shape index (κ1) is 13.9. The Balaban J connectivity index is 2.01. The summed E-state index contributed by atoms with van der Waals surface area (Å²) < 4.78 is 5.76. The number of carbonyl (C=O) groups is 1. The summed E-state index contributed by atoms with van der Waals surface area (Å²) >= 11 is 0. The molecule has 1 heterocycles. The Labute approximate surface area is 115 Å². The molecule has 0 aliphatic carbocycles. The highest BCUT2D eigenvalue weighted by molar-refractivity contribution is 5.78. The van der Waals surface area contributed by atoms with Gasteiger partial charge in [-0.15, -0.1) is 0 Å². The van der Waals surface area contributed by atoms with Crippen LogP contribution in [0.3, 0.4) is 0 Å². The van der Waals surface area contributed by atoms with Gasteiger partial charge in [-0.05, 0) is 42.9 Å². The van der Waals surface area contributed by atoms with Crippen LogP contribution in [0.4, 0.5) is 0 Å². The molecule has 1 aromatic carbocycles. The van der Waals surface area contributed by atoms with E-state index in [4.69, 9.17) is 4.74 Å². The summed E-state index contributed by atoms with van der Waals surface area (Å²) in [6, 6.07) is 6.20. The standard InChI is InChI=1S/C16H23NO2/c1-12(2)14-7-6-13(3)10-15(14)19-11-16(18)17-8-4-5-9-17/h6-7,10,12H,4-5,8-9,11H2,1-3H3. The number of hydrogen-bond donors (Lipinski definition) is 0. The lowest BCUT2D eigenvalue weighted by Gasteiger charge is -2.18. The highest BCUT2D eigenvalue weighted by atomic mass is 16.5. The molecule has 0 saturated carbocycles. The molecule has 1 amide bonds. The van der Waals surface area contributed by atoms with Crippen LogP contribution in [0.2, 0.25) is 0 Å². The second kappa shape index (κ2) is 6.09. The zero-order chi connectivity index (χ0) is 13.8. The summed E-state index contributed by atoms with van der Waals surface area (Å²) in [6.45, 7) is 8.24. The molecular formula is C16H23NO2. The maximum atomic E-state index is 12.0. The van der Waals surface area contributed by atoms with E-state index in [1.165, 1.54) is 5.56 Å². The monoisotopic (exact) mass is 261 g/mol. The summed E-state index contributed by atoms with van der Waals surface area (Å²) in [5.41, 5.74) is 2.33. The number of rotatable bonds is 4. The second-order valence-electron chi connectivity index (χ2n) is 5.57. The first-order valence-electron chi connectivity index (χ1n) is 7.09. The van der Waals surface area contributed by atoms with Crippen LogP contribution in [0.25, 0.3) is 0 Å². The number of likely N-dealkylation sites (tertiary alicyclic amines) is 1. The molecule has 1 aromatic rings. The molecule has 104 valence electrons. The van der Waals surface area contributed by atoms with Crippen molar-refractivity contribution in [3.8, 4) is 5.75 Å². The average molecular weight is 261 g/mol. The third kappa shape index (κ3) is 3.49. The normalized spacial score (nSPS) is 15.1. The zero-order valence-corrected chi connectivity index (χ0v) is 12.1. The van der Waals surface area contributed by atoms with Crippen LogP contribution in [0, 0.1) is 6.92 Å². The van der Waals surface area contributed by atoms with Crippen LogP contribution in [-0.4, -0.2) is 30.5 Å². The van der Waals surface area contributed by atoms with E-state index in [-0.39, 0.29) is 12.5 Å². The van der Waals surface area contributed by atoms with Gasteiger partial charge in [0.25, 0.3) is 5.91 Å². The van der Waals surface area contributed by atoms with E-state index in [2.05, 4.69) is 26.0 Å². The molecule has 0 aromatic heterocycles. The van der Waals surface area contributed by atoms with Crippen molar-refractivity contribution in [2.75, 3.05) is 19.7 Å². The van der Waals surface area contributed by atoms with Gasteiger partial charge in [0.05, 0.1) is 0 Å². The van der Waals surface area contributed by atoms with Crippen LogP contribution >= 0.6 is 0 Å². The molecule has 0 bridgehead atoms. The smallest absolute Gasteiger partial charge is 0.260 e. The number of ether oxygens (including phenoxy) is 1. The van der Waals surface area contributed by atoms with Crippen molar-refractivity contribution < 1.29 is 9.53 Å². The van der Waals surface area contributed by atoms with Crippen molar-refractivity contribution in [3.05, 3.63) is 29.3 Å². The van der Waals surface area contributed by atoms with E-state index in [9.17, 15) is 4.79 Å². The number of hydrogen-bond acceptors (Lipinski definition) is 2. The molecule has 0 spiro atoms. The average Bonchev–Trinajstić information content (AvgIpc) is 2.89. The van der Waals surface area contributed by atoms with Gasteiger partial charge in [-0.2, -0.15) is 0 Å². The number of amides is 1. The van der Waals surface area contributed by atoms with E-state index in [0.717, 1.165) is 37.2 Å². The molecule has 1 aliphatic heterocycles. The maximum Gasteiger partial charge on any atom is 0.260 e. The van der Waals surface area contributed by atoms with Gasteiger partial charge in [0.1, 0.15) is 5.75 Å². The fourth-order valence-corrected chi connectivity index (χ4v) is 2.44. The minimum absolute atomic E-state index is 0.105. The van der Waals surface area contributed by atoms with E-state index >= 15 is 0 Å². The van der Waals surface area contributed by atoms with Crippen LogP contribution in [0.1, 0.15) is 43.7 Å². The predicted octanol–water partition coefficient (Wildman–Crippen LogP) is 3.12. The molecule has 19 heavy (non-hydrogen) atoms. The second-order valence-corrected chi connectivity index (χ2v) is 5.57. The van der Waals surface area contributed by atoms with E-state index in [0.29, 0.717) is 5.92 Å². The van der Waals surface area contributed by atoms with Gasteiger partial charge in [-0.1, -0.05) is 26.0 Å². The third-order valence-electron chi connectivity index (χ3n) is 3.60. The molecule has 0 N–H and O–H groups in total. The topological polar surface area (TPSA) is 29.5 Å². The van der Waals surface area contributed by atoms with Crippen molar-refractivity contribution >= 4 is 5.91 Å². The fourth-order valence-electron chi connectivity index (χ4n) is 2.44. The largest absolute Gasteiger partial charge is 0.483 e. The quantitative estimate of drug-likeness (QED) is 0.833. The van der Waals surface area contributed by atoms with E-state index in [1.54, 1.807) is 0 Å². The maximum absolute atomic E-state index is 12.0. The molecule has 3 nitrogen and oxygen atoms in total. The van der Waals surface area contributed by atoms with Crippen LogP contribution in [-0.2, 0) is 4.79 Å². The van der Waals surface area contributed by atoms with Gasteiger partial charge in [-0.3, -0.25) is 4.79 Å². The molecule has 0 atom stereocenters. The van der Waals surface area contributed by atoms with Gasteiger partial charge in [-0.25, -0.2) is 0 Å². The molecule has 3 heteroatoms. The van der Waals surface area contributed by atoms with Gasteiger partial charge in [0.2, 0.25) is 0 Å². The van der Waals surface area contributed by atoms with Gasteiger partial charge in [0, 0.05) is 13.1 Å². The lowest BCUT2D eigenvalue weighted by molar-refractivity contribution is -0.132. The summed E-state index contributed by atoms with van der Waals surface area (Å²) in [6.07, 6.45) is 2.24. The first-order chi connectivity index (χ1) is 9.08. The summed E-state index contributed by atoms with van der Waals surface area (Å²) in [4.78, 5) is 13.9. The number of nitrogens with zero attached hydrogens (tertiary/aromatic N) is 1. The Bertz CT molecular complexity index is 448. The summed E-state index contributed by atoms with van der Waals surface area (Å²) in [5.74, 6) is 1.36. The van der Waals surface area contributed by atoms with Crippen molar-refractivity contribution in [2.24, 2.45) is 0 Å². The van der Waals surface area contributed by atoms with Crippen LogP contribution < -0.4 is 4.74 Å². The lowest BCUT2D eigenvalue weighted by atomic mass is 10.0. The Morgan fingerprint density at radius 1 is 1.32 bits per heavy atom. The third-order valence-corrected chi connectivity index (χ3v) is 3.60. The molecule has 0 unspecified atom stereocenters. The Hall–Kier alpha value is -1.51. The van der Waals surface area contributed by atoms with E-state index < -0.39 is 0 Å². The molecule has 2 rings (SSSR count). The van der Waals surface area contributed by atoms with Crippen molar-refractivity contribution in [1.29, 1.82) is 0 Å². The molecule has 1 saturated heterocycles. The Kier molecular flexibility index (Phi) is 4.46. The Morgan fingerprint density at radius 3 is 2.63 bits per heavy atom. The number of aryl methyl sites for hydroxylation is 1. The first-order valence-corrected chi connectivity index (χ1v) is 7.09. The van der Waals surface area contributed by atoms with Crippen molar-refractivity contribution in [3.63, 3.8) is 0 Å². The van der Waals surface area contributed by atoms with Crippen LogP contribution in [0.15, 0.2) is 18.2 Å². The minimum Gasteiger partial charge on any atom is -0.483 e. The van der Waals surface area contributed by atoms with Gasteiger partial charge in [0.15, 0.2) is 6.61 Å². The van der Waals surface area contributed by atoms with Crippen LogP contribution in [0.5, 0.6) is 5.75 Å². The molecule has 1 fully saturated rings. The zero-order valence-electron chi connectivity index (χ0n) is 12.1. The highest BCUT2D eigenvalue weighted by Gasteiger charge is 2.18. The van der Waals surface area contributed by atoms with Crippen molar-refractivity contribution in [2.45, 2.75) is 39.5 Å². The predicted molar refractivity (Wildman–Crippen MR) is 76.6 cm³/mol. The fraction of sp³-hybridized carbons (Fsp3) is 0.562. The Morgan fingerprint density at radius 2 is 2.00 bits per heavy atom. The van der Waals surface area contributed by atoms with Gasteiger partial charge < -0.3 is 9.64 Å². The number of benzene rings is 1.